The molecule has 0 radical (unpaired) electrons. The summed E-state index contributed by atoms with van der Waals surface area (Å²) in [5.41, 5.74) is 3.37. The van der Waals surface area contributed by atoms with Crippen LogP contribution in [0.25, 0.3) is 0 Å². The molecular weight excluding hydrogens is 208 g/mol. The second-order valence-corrected chi connectivity index (χ2v) is 4.53. The number of nitrogens with zero attached hydrogens (tertiary/aromatic N) is 2. The average Bonchev–Trinajstić information content (AvgIpc) is 2.77. The number of aryl methyl sites for hydroxylation is 1. The molecule has 1 aromatic carbocycles. The fraction of sp³-hybridized carbons (Fsp3) is 0.267. The SMILES string of the molecule is Cc1ccccc1N=Cc1ccn(C(C)C)c1. The lowest BCUT2D eigenvalue weighted by Crippen LogP contribution is -1.95. The third kappa shape index (κ3) is 2.84. The van der Waals surface area contributed by atoms with Crippen LogP contribution in [-0.4, -0.2) is 10.8 Å². The molecule has 0 bridgehead atoms. The predicted molar refractivity (Wildman–Crippen MR) is 73.3 cm³/mol. The smallest absolute Gasteiger partial charge is 0.0659 e. The molecule has 0 saturated heterocycles. The first-order valence-electron chi connectivity index (χ1n) is 5.94. The first-order valence-corrected chi connectivity index (χ1v) is 5.94. The molecule has 0 amide bonds. The Bertz CT molecular complexity index is 521. The maximum atomic E-state index is 4.51. The minimum Gasteiger partial charge on any atom is -0.351 e. The van der Waals surface area contributed by atoms with Crippen LogP contribution < -0.4 is 0 Å². The van der Waals surface area contributed by atoms with Gasteiger partial charge in [0.2, 0.25) is 0 Å². The molecule has 2 rings (SSSR count). The molecule has 2 aromatic rings. The van der Waals surface area contributed by atoms with E-state index in [9.17, 15) is 0 Å². The average molecular weight is 226 g/mol. The number of aromatic nitrogens is 1. The van der Waals surface area contributed by atoms with Crippen molar-refractivity contribution < 1.29 is 0 Å². The van der Waals surface area contributed by atoms with Crippen molar-refractivity contribution >= 4 is 11.9 Å². The molecule has 0 atom stereocenters. The summed E-state index contributed by atoms with van der Waals surface area (Å²) in [6, 6.07) is 10.7. The number of rotatable bonds is 3. The summed E-state index contributed by atoms with van der Waals surface area (Å²) >= 11 is 0. The normalized spacial score (nSPS) is 11.5. The lowest BCUT2D eigenvalue weighted by atomic mass is 10.2. The lowest BCUT2D eigenvalue weighted by Gasteiger charge is -2.04. The Morgan fingerprint density at radius 1 is 1.18 bits per heavy atom. The van der Waals surface area contributed by atoms with Crippen molar-refractivity contribution in [1.29, 1.82) is 0 Å². The highest BCUT2D eigenvalue weighted by atomic mass is 15.0. The molecule has 0 unspecified atom stereocenters. The van der Waals surface area contributed by atoms with E-state index in [1.165, 1.54) is 5.56 Å². The molecule has 0 aliphatic rings. The molecule has 0 spiro atoms. The monoisotopic (exact) mass is 226 g/mol. The van der Waals surface area contributed by atoms with Gasteiger partial charge < -0.3 is 4.57 Å². The first kappa shape index (κ1) is 11.6. The van der Waals surface area contributed by atoms with Gasteiger partial charge in [-0.15, -0.1) is 0 Å². The van der Waals surface area contributed by atoms with Crippen LogP contribution in [0.1, 0.15) is 31.0 Å². The Morgan fingerprint density at radius 2 is 1.94 bits per heavy atom. The lowest BCUT2D eigenvalue weighted by molar-refractivity contribution is 0.603. The minimum absolute atomic E-state index is 0.496. The molecule has 0 fully saturated rings. The van der Waals surface area contributed by atoms with Gasteiger partial charge in [0, 0.05) is 30.2 Å². The number of aliphatic imine (C=N–C) groups is 1. The van der Waals surface area contributed by atoms with E-state index < -0.39 is 0 Å². The molecular formula is C15H18N2. The van der Waals surface area contributed by atoms with Crippen LogP contribution in [0.2, 0.25) is 0 Å². The van der Waals surface area contributed by atoms with Crippen molar-refractivity contribution in [3.63, 3.8) is 0 Å². The summed E-state index contributed by atoms with van der Waals surface area (Å²) in [6.07, 6.45) is 6.12. The Labute approximate surface area is 103 Å². The maximum Gasteiger partial charge on any atom is 0.0659 e. The van der Waals surface area contributed by atoms with Crippen LogP contribution in [0.4, 0.5) is 5.69 Å². The van der Waals surface area contributed by atoms with Crippen molar-refractivity contribution in [3.8, 4) is 0 Å². The quantitative estimate of drug-likeness (QED) is 0.700. The van der Waals surface area contributed by atoms with Gasteiger partial charge in [0.1, 0.15) is 0 Å². The molecule has 0 N–H and O–H groups in total. The third-order valence-electron chi connectivity index (χ3n) is 2.80. The molecule has 2 heteroatoms. The zero-order valence-corrected chi connectivity index (χ0v) is 10.6. The van der Waals surface area contributed by atoms with Gasteiger partial charge in [-0.05, 0) is 38.5 Å². The van der Waals surface area contributed by atoms with Crippen molar-refractivity contribution in [3.05, 3.63) is 53.9 Å². The summed E-state index contributed by atoms with van der Waals surface area (Å²) in [6.45, 7) is 6.41. The van der Waals surface area contributed by atoms with Gasteiger partial charge in [0.05, 0.1) is 5.69 Å². The fourth-order valence-corrected chi connectivity index (χ4v) is 1.68. The Hall–Kier alpha value is -1.83. The summed E-state index contributed by atoms with van der Waals surface area (Å²) in [4.78, 5) is 4.51. The van der Waals surface area contributed by atoms with E-state index >= 15 is 0 Å². The molecule has 17 heavy (non-hydrogen) atoms. The van der Waals surface area contributed by atoms with Gasteiger partial charge in [0.15, 0.2) is 0 Å². The Morgan fingerprint density at radius 3 is 2.59 bits per heavy atom. The molecule has 1 aromatic heterocycles. The fourth-order valence-electron chi connectivity index (χ4n) is 1.68. The molecule has 88 valence electrons. The molecule has 0 saturated carbocycles. The van der Waals surface area contributed by atoms with Crippen molar-refractivity contribution in [2.24, 2.45) is 4.99 Å². The van der Waals surface area contributed by atoms with Gasteiger partial charge in [-0.25, -0.2) is 0 Å². The van der Waals surface area contributed by atoms with Crippen molar-refractivity contribution in [1.82, 2.24) is 4.57 Å². The van der Waals surface area contributed by atoms with Crippen LogP contribution in [0.15, 0.2) is 47.7 Å². The van der Waals surface area contributed by atoms with Crippen LogP contribution in [0, 0.1) is 6.92 Å². The molecule has 1 heterocycles. The number of hydrogen-bond acceptors (Lipinski definition) is 1. The van der Waals surface area contributed by atoms with Crippen LogP contribution in [-0.2, 0) is 0 Å². The van der Waals surface area contributed by atoms with Crippen molar-refractivity contribution in [2.75, 3.05) is 0 Å². The minimum atomic E-state index is 0.496. The van der Waals surface area contributed by atoms with Gasteiger partial charge in [-0.1, -0.05) is 18.2 Å². The summed E-state index contributed by atoms with van der Waals surface area (Å²) < 4.78 is 2.18. The maximum absolute atomic E-state index is 4.51. The Kier molecular flexibility index (Phi) is 3.43. The second kappa shape index (κ2) is 5.00. The van der Waals surface area contributed by atoms with Gasteiger partial charge >= 0.3 is 0 Å². The topological polar surface area (TPSA) is 17.3 Å². The van der Waals surface area contributed by atoms with Crippen LogP contribution >= 0.6 is 0 Å². The van der Waals surface area contributed by atoms with Gasteiger partial charge in [-0.3, -0.25) is 4.99 Å². The highest BCUT2D eigenvalue weighted by Crippen LogP contribution is 2.17. The zero-order valence-electron chi connectivity index (χ0n) is 10.6. The van der Waals surface area contributed by atoms with Crippen LogP contribution in [0.3, 0.4) is 0 Å². The second-order valence-electron chi connectivity index (χ2n) is 4.53. The van der Waals surface area contributed by atoms with Gasteiger partial charge in [-0.2, -0.15) is 0 Å². The van der Waals surface area contributed by atoms with Crippen molar-refractivity contribution in [2.45, 2.75) is 26.8 Å². The van der Waals surface area contributed by atoms with E-state index in [1.54, 1.807) is 0 Å². The van der Waals surface area contributed by atoms with E-state index in [0.29, 0.717) is 6.04 Å². The molecule has 2 nitrogen and oxygen atoms in total. The largest absolute Gasteiger partial charge is 0.351 e. The Balaban J connectivity index is 2.18. The summed E-state index contributed by atoms with van der Waals surface area (Å²) in [5, 5.41) is 0. The number of benzene rings is 1. The van der Waals surface area contributed by atoms with E-state index in [-0.39, 0.29) is 0 Å². The number of para-hydroxylation sites is 1. The van der Waals surface area contributed by atoms with E-state index in [0.717, 1.165) is 11.3 Å². The van der Waals surface area contributed by atoms with Gasteiger partial charge in [0.25, 0.3) is 0 Å². The molecule has 0 aliphatic heterocycles. The van der Waals surface area contributed by atoms with Crippen LogP contribution in [0.5, 0.6) is 0 Å². The van der Waals surface area contributed by atoms with E-state index in [1.807, 2.05) is 24.4 Å². The number of hydrogen-bond donors (Lipinski definition) is 0. The highest BCUT2D eigenvalue weighted by Gasteiger charge is 1.98. The highest BCUT2D eigenvalue weighted by molar-refractivity contribution is 5.82. The van der Waals surface area contributed by atoms with E-state index in [4.69, 9.17) is 0 Å². The summed E-state index contributed by atoms with van der Waals surface area (Å²) in [5.74, 6) is 0. The third-order valence-corrected chi connectivity index (χ3v) is 2.80. The van der Waals surface area contributed by atoms with E-state index in [2.05, 4.69) is 54.9 Å². The molecule has 0 aliphatic carbocycles. The first-order chi connectivity index (χ1) is 8.16. The predicted octanol–water partition coefficient (Wildman–Crippen LogP) is 4.13. The summed E-state index contributed by atoms with van der Waals surface area (Å²) in [7, 11) is 0. The standard InChI is InChI=1S/C15H18N2/c1-12(2)17-9-8-14(11-17)10-16-15-7-5-4-6-13(15)3/h4-12H,1-3H3. The zero-order chi connectivity index (χ0) is 12.3.